The summed E-state index contributed by atoms with van der Waals surface area (Å²) in [5, 5.41) is 0. The van der Waals surface area contributed by atoms with Gasteiger partial charge in [-0.3, -0.25) is 9.78 Å². The van der Waals surface area contributed by atoms with Crippen LogP contribution >= 0.6 is 0 Å². The Morgan fingerprint density at radius 1 is 1.35 bits per heavy atom. The average molecular weight is 274 g/mol. The molecular formula is C16H22N2O2. The first-order valence-electron chi connectivity index (χ1n) is 7.39. The Morgan fingerprint density at radius 3 is 2.60 bits per heavy atom. The summed E-state index contributed by atoms with van der Waals surface area (Å²) in [5.74, 6) is 0.112. The zero-order valence-electron chi connectivity index (χ0n) is 12.3. The van der Waals surface area contributed by atoms with Crippen LogP contribution in [0, 0.1) is 12.3 Å². The molecule has 2 fully saturated rings. The van der Waals surface area contributed by atoms with Crippen molar-refractivity contribution in [1.29, 1.82) is 0 Å². The van der Waals surface area contributed by atoms with Gasteiger partial charge in [0.1, 0.15) is 0 Å². The van der Waals surface area contributed by atoms with Crippen molar-refractivity contribution in [1.82, 2.24) is 9.88 Å². The molecule has 108 valence electrons. The fourth-order valence-electron chi connectivity index (χ4n) is 3.54. The molecule has 2 heterocycles. The Balaban J connectivity index is 1.63. The number of nitrogens with zero attached hydrogens (tertiary/aromatic N) is 2. The van der Waals surface area contributed by atoms with Crippen LogP contribution in [-0.2, 0) is 4.74 Å². The standard InChI is InChI=1S/C16H22N2O2/c1-12-3-4-13(11-17-12)15(19)18-9-7-16(8-10-18)6-5-14(16)20-2/h3-4,11,14H,5-10H2,1-2H3. The second kappa shape index (κ2) is 5.17. The van der Waals surface area contributed by atoms with Gasteiger partial charge in [-0.1, -0.05) is 0 Å². The average Bonchev–Trinajstić information content (AvgIpc) is 2.47. The minimum atomic E-state index is 0.112. The number of likely N-dealkylation sites (tertiary alicyclic amines) is 1. The van der Waals surface area contributed by atoms with E-state index in [1.165, 1.54) is 12.8 Å². The monoisotopic (exact) mass is 274 g/mol. The van der Waals surface area contributed by atoms with Crippen LogP contribution in [0.15, 0.2) is 18.3 Å². The molecule has 1 aliphatic heterocycles. The van der Waals surface area contributed by atoms with Crippen molar-refractivity contribution < 1.29 is 9.53 Å². The van der Waals surface area contributed by atoms with Crippen LogP contribution < -0.4 is 0 Å². The van der Waals surface area contributed by atoms with E-state index in [9.17, 15) is 4.79 Å². The molecule has 0 radical (unpaired) electrons. The molecule has 20 heavy (non-hydrogen) atoms. The molecule has 1 aliphatic carbocycles. The predicted molar refractivity (Wildman–Crippen MR) is 76.6 cm³/mol. The van der Waals surface area contributed by atoms with Crippen molar-refractivity contribution in [3.05, 3.63) is 29.6 Å². The van der Waals surface area contributed by atoms with Crippen molar-refractivity contribution in [2.45, 2.75) is 38.7 Å². The van der Waals surface area contributed by atoms with E-state index in [1.807, 2.05) is 24.0 Å². The molecule has 4 nitrogen and oxygen atoms in total. The summed E-state index contributed by atoms with van der Waals surface area (Å²) in [6, 6.07) is 3.77. The van der Waals surface area contributed by atoms with Gasteiger partial charge in [0.2, 0.25) is 0 Å². The number of hydrogen-bond acceptors (Lipinski definition) is 3. The topological polar surface area (TPSA) is 42.4 Å². The van der Waals surface area contributed by atoms with Gasteiger partial charge in [-0.05, 0) is 44.7 Å². The van der Waals surface area contributed by atoms with Crippen LogP contribution in [-0.4, -0.2) is 42.1 Å². The minimum Gasteiger partial charge on any atom is -0.381 e. The molecule has 1 saturated heterocycles. The van der Waals surface area contributed by atoms with E-state index in [0.717, 1.165) is 31.6 Å². The molecule has 1 unspecified atom stereocenters. The smallest absolute Gasteiger partial charge is 0.255 e. The number of aromatic nitrogens is 1. The maximum Gasteiger partial charge on any atom is 0.255 e. The molecule has 2 aliphatic rings. The lowest BCUT2D eigenvalue weighted by Gasteiger charge is -2.53. The first-order valence-corrected chi connectivity index (χ1v) is 7.39. The third kappa shape index (κ3) is 2.22. The second-order valence-electron chi connectivity index (χ2n) is 6.11. The van der Waals surface area contributed by atoms with Crippen LogP contribution in [0.1, 0.15) is 41.7 Å². The highest BCUT2D eigenvalue weighted by molar-refractivity contribution is 5.94. The van der Waals surface area contributed by atoms with Gasteiger partial charge in [0.15, 0.2) is 0 Å². The van der Waals surface area contributed by atoms with E-state index in [1.54, 1.807) is 13.3 Å². The molecular weight excluding hydrogens is 252 g/mol. The highest BCUT2D eigenvalue weighted by Gasteiger charge is 2.48. The highest BCUT2D eigenvalue weighted by atomic mass is 16.5. The fourth-order valence-corrected chi connectivity index (χ4v) is 3.54. The quantitative estimate of drug-likeness (QED) is 0.831. The molecule has 1 atom stereocenters. The van der Waals surface area contributed by atoms with Gasteiger partial charge in [0, 0.05) is 37.5 Å². The lowest BCUT2D eigenvalue weighted by atomic mass is 9.60. The number of rotatable bonds is 2. The summed E-state index contributed by atoms with van der Waals surface area (Å²) in [5.41, 5.74) is 1.98. The van der Waals surface area contributed by atoms with Crippen LogP contribution in [0.2, 0.25) is 0 Å². The van der Waals surface area contributed by atoms with Crippen LogP contribution in [0.4, 0.5) is 0 Å². The SMILES string of the molecule is COC1CCC12CCN(C(=O)c1ccc(C)nc1)CC2. The van der Waals surface area contributed by atoms with Gasteiger partial charge >= 0.3 is 0 Å². The Bertz CT molecular complexity index is 488. The van der Waals surface area contributed by atoms with E-state index in [2.05, 4.69) is 4.98 Å². The number of carbonyl (C=O) groups excluding carboxylic acids is 1. The van der Waals surface area contributed by atoms with Gasteiger partial charge in [0.25, 0.3) is 5.91 Å². The molecule has 1 aromatic heterocycles. The molecule has 0 N–H and O–H groups in total. The van der Waals surface area contributed by atoms with Gasteiger partial charge in [-0.25, -0.2) is 0 Å². The lowest BCUT2D eigenvalue weighted by molar-refractivity contribution is -0.116. The summed E-state index contributed by atoms with van der Waals surface area (Å²) >= 11 is 0. The summed E-state index contributed by atoms with van der Waals surface area (Å²) < 4.78 is 5.56. The van der Waals surface area contributed by atoms with Gasteiger partial charge in [0.05, 0.1) is 11.7 Å². The number of amides is 1. The Kier molecular flexibility index (Phi) is 3.50. The number of ether oxygens (including phenoxy) is 1. The van der Waals surface area contributed by atoms with Crippen molar-refractivity contribution >= 4 is 5.91 Å². The molecule has 1 aromatic rings. The zero-order chi connectivity index (χ0) is 14.2. The van der Waals surface area contributed by atoms with Gasteiger partial charge < -0.3 is 9.64 Å². The Hall–Kier alpha value is -1.42. The van der Waals surface area contributed by atoms with Crippen LogP contribution in [0.5, 0.6) is 0 Å². The van der Waals surface area contributed by atoms with E-state index >= 15 is 0 Å². The number of pyridine rings is 1. The minimum absolute atomic E-state index is 0.112. The van der Waals surface area contributed by atoms with E-state index in [4.69, 9.17) is 4.74 Å². The lowest BCUT2D eigenvalue weighted by Crippen LogP contribution is -2.53. The Morgan fingerprint density at radius 2 is 2.10 bits per heavy atom. The molecule has 0 aromatic carbocycles. The van der Waals surface area contributed by atoms with E-state index < -0.39 is 0 Å². The fraction of sp³-hybridized carbons (Fsp3) is 0.625. The number of methoxy groups -OCH3 is 1. The summed E-state index contributed by atoms with van der Waals surface area (Å²) in [6.45, 7) is 3.61. The maximum atomic E-state index is 12.4. The third-order valence-corrected chi connectivity index (χ3v) is 5.08. The summed E-state index contributed by atoms with van der Waals surface area (Å²) in [6.07, 6.45) is 6.64. The number of carbonyl (C=O) groups is 1. The molecule has 4 heteroatoms. The molecule has 0 bridgehead atoms. The zero-order valence-corrected chi connectivity index (χ0v) is 12.3. The van der Waals surface area contributed by atoms with Gasteiger partial charge in [-0.15, -0.1) is 0 Å². The molecule has 1 saturated carbocycles. The van der Waals surface area contributed by atoms with Gasteiger partial charge in [-0.2, -0.15) is 0 Å². The number of hydrogen-bond donors (Lipinski definition) is 0. The normalized spacial score (nSPS) is 24.5. The first kappa shape index (κ1) is 13.6. The van der Waals surface area contributed by atoms with Crippen molar-refractivity contribution in [3.8, 4) is 0 Å². The summed E-state index contributed by atoms with van der Waals surface area (Å²) in [4.78, 5) is 18.6. The molecule has 3 rings (SSSR count). The van der Waals surface area contributed by atoms with Crippen molar-refractivity contribution in [2.75, 3.05) is 20.2 Å². The third-order valence-electron chi connectivity index (χ3n) is 5.08. The number of piperidine rings is 1. The summed E-state index contributed by atoms with van der Waals surface area (Å²) in [7, 11) is 1.81. The largest absolute Gasteiger partial charge is 0.381 e. The highest BCUT2D eigenvalue weighted by Crippen LogP contribution is 2.50. The van der Waals surface area contributed by atoms with E-state index in [-0.39, 0.29) is 5.91 Å². The Labute approximate surface area is 120 Å². The van der Waals surface area contributed by atoms with Crippen molar-refractivity contribution in [2.24, 2.45) is 5.41 Å². The number of aryl methyl sites for hydroxylation is 1. The van der Waals surface area contributed by atoms with Crippen LogP contribution in [0.25, 0.3) is 0 Å². The maximum absolute atomic E-state index is 12.4. The van der Waals surface area contributed by atoms with Crippen LogP contribution in [0.3, 0.4) is 0 Å². The predicted octanol–water partition coefficient (Wildman–Crippen LogP) is 2.42. The molecule has 1 spiro atoms. The first-order chi connectivity index (χ1) is 9.64. The second-order valence-corrected chi connectivity index (χ2v) is 6.11. The van der Waals surface area contributed by atoms with Crippen molar-refractivity contribution in [3.63, 3.8) is 0 Å². The molecule has 1 amide bonds. The van der Waals surface area contributed by atoms with E-state index in [0.29, 0.717) is 17.1 Å².